The molecule has 30 heavy (non-hydrogen) atoms. The van der Waals surface area contributed by atoms with Crippen molar-refractivity contribution in [1.29, 1.82) is 0 Å². The van der Waals surface area contributed by atoms with Crippen LogP contribution >= 0.6 is 39.1 Å². The molecule has 0 aliphatic carbocycles. The molecule has 1 atom stereocenters. The molecule has 0 unspecified atom stereocenters. The van der Waals surface area contributed by atoms with Crippen molar-refractivity contribution in [3.63, 3.8) is 0 Å². The van der Waals surface area contributed by atoms with E-state index in [-0.39, 0.29) is 25.0 Å². The van der Waals surface area contributed by atoms with Gasteiger partial charge in [-0.25, -0.2) is 0 Å². The van der Waals surface area contributed by atoms with Crippen molar-refractivity contribution in [3.05, 3.63) is 62.5 Å². The molecule has 0 spiro atoms. The van der Waals surface area contributed by atoms with Crippen molar-refractivity contribution in [1.82, 2.24) is 10.2 Å². The minimum Gasteiger partial charge on any atom is -0.484 e. The van der Waals surface area contributed by atoms with Crippen LogP contribution in [0.5, 0.6) is 5.75 Å². The van der Waals surface area contributed by atoms with E-state index in [2.05, 4.69) is 21.2 Å². The van der Waals surface area contributed by atoms with E-state index in [1.54, 1.807) is 37.3 Å². The number of rotatable bonds is 7. The Bertz CT molecular complexity index is 898. The van der Waals surface area contributed by atoms with Crippen LogP contribution in [0.2, 0.25) is 10.0 Å². The maximum Gasteiger partial charge on any atom is 0.261 e. The van der Waals surface area contributed by atoms with E-state index >= 15 is 0 Å². The highest BCUT2D eigenvalue weighted by Gasteiger charge is 2.28. The number of hydrogen-bond acceptors (Lipinski definition) is 3. The van der Waals surface area contributed by atoms with E-state index in [9.17, 15) is 9.59 Å². The second-order valence-electron chi connectivity index (χ2n) is 7.93. The summed E-state index contributed by atoms with van der Waals surface area (Å²) < 4.78 is 6.54. The molecule has 2 aromatic carbocycles. The molecule has 0 aliphatic rings. The summed E-state index contributed by atoms with van der Waals surface area (Å²) >= 11 is 15.5. The van der Waals surface area contributed by atoms with Crippen LogP contribution in [0, 0.1) is 0 Å². The largest absolute Gasteiger partial charge is 0.484 e. The average Bonchev–Trinajstić information content (AvgIpc) is 2.66. The molecule has 2 amide bonds. The predicted molar refractivity (Wildman–Crippen MR) is 124 cm³/mol. The van der Waals surface area contributed by atoms with E-state index in [4.69, 9.17) is 27.9 Å². The summed E-state index contributed by atoms with van der Waals surface area (Å²) in [5, 5.41) is 3.73. The molecule has 0 aromatic heterocycles. The fraction of sp³-hybridized carbons (Fsp3) is 0.364. The first-order valence-corrected chi connectivity index (χ1v) is 10.9. The maximum absolute atomic E-state index is 13.0. The van der Waals surface area contributed by atoms with Gasteiger partial charge in [-0.1, -0.05) is 45.2 Å². The van der Waals surface area contributed by atoms with Crippen LogP contribution in [0.4, 0.5) is 0 Å². The SMILES string of the molecule is C[C@H](C(=O)NC(C)(C)C)N(Cc1ccc(Cl)c(Cl)c1)C(=O)COc1ccc(Br)cc1. The highest BCUT2D eigenvalue weighted by Crippen LogP contribution is 2.24. The number of nitrogens with zero attached hydrogens (tertiary/aromatic N) is 1. The van der Waals surface area contributed by atoms with Crippen LogP contribution in [0.15, 0.2) is 46.9 Å². The molecule has 2 rings (SSSR count). The molecule has 0 bridgehead atoms. The molecule has 0 saturated carbocycles. The van der Waals surface area contributed by atoms with Crippen LogP contribution in [-0.4, -0.2) is 34.9 Å². The van der Waals surface area contributed by atoms with Gasteiger partial charge in [0.15, 0.2) is 6.61 Å². The van der Waals surface area contributed by atoms with E-state index in [0.29, 0.717) is 15.8 Å². The molecule has 0 heterocycles. The number of nitrogens with one attached hydrogen (secondary N) is 1. The Kier molecular flexibility index (Phi) is 8.59. The van der Waals surface area contributed by atoms with E-state index < -0.39 is 11.6 Å². The zero-order valence-electron chi connectivity index (χ0n) is 17.3. The number of halogens is 3. The topological polar surface area (TPSA) is 58.6 Å². The van der Waals surface area contributed by atoms with Gasteiger partial charge < -0.3 is 15.0 Å². The Balaban J connectivity index is 2.19. The zero-order chi connectivity index (χ0) is 22.5. The summed E-state index contributed by atoms with van der Waals surface area (Å²) in [4.78, 5) is 27.2. The van der Waals surface area contributed by atoms with Gasteiger partial charge in [0.2, 0.25) is 5.91 Å². The summed E-state index contributed by atoms with van der Waals surface area (Å²) in [7, 11) is 0. The first kappa shape index (κ1) is 24.5. The van der Waals surface area contributed by atoms with Crippen molar-refractivity contribution < 1.29 is 14.3 Å². The van der Waals surface area contributed by atoms with Crippen molar-refractivity contribution in [2.45, 2.75) is 45.8 Å². The molecule has 0 fully saturated rings. The Morgan fingerprint density at radius 2 is 1.73 bits per heavy atom. The highest BCUT2D eigenvalue weighted by atomic mass is 79.9. The normalized spacial score (nSPS) is 12.2. The summed E-state index contributed by atoms with van der Waals surface area (Å²) in [6, 6.07) is 11.6. The quantitative estimate of drug-likeness (QED) is 0.532. The first-order valence-electron chi connectivity index (χ1n) is 9.40. The summed E-state index contributed by atoms with van der Waals surface area (Å²) in [6.07, 6.45) is 0. The van der Waals surface area contributed by atoms with Gasteiger partial charge in [-0.2, -0.15) is 0 Å². The smallest absolute Gasteiger partial charge is 0.261 e. The van der Waals surface area contributed by atoms with Crippen molar-refractivity contribution >= 4 is 50.9 Å². The van der Waals surface area contributed by atoms with Gasteiger partial charge in [0, 0.05) is 16.6 Å². The molecule has 0 aliphatic heterocycles. The predicted octanol–water partition coefficient (Wildman–Crippen LogP) is 5.47. The Hall–Kier alpha value is -1.76. The highest BCUT2D eigenvalue weighted by molar-refractivity contribution is 9.10. The number of benzene rings is 2. The van der Waals surface area contributed by atoms with E-state index in [1.165, 1.54) is 4.90 Å². The van der Waals surface area contributed by atoms with E-state index in [0.717, 1.165) is 10.0 Å². The Morgan fingerprint density at radius 1 is 1.10 bits per heavy atom. The second kappa shape index (κ2) is 10.5. The van der Waals surface area contributed by atoms with Crippen molar-refractivity contribution in [3.8, 4) is 5.75 Å². The van der Waals surface area contributed by atoms with Gasteiger partial charge in [0.1, 0.15) is 11.8 Å². The minimum atomic E-state index is -0.709. The van der Waals surface area contributed by atoms with Gasteiger partial charge in [-0.15, -0.1) is 0 Å². The third-order valence-electron chi connectivity index (χ3n) is 4.18. The molecule has 162 valence electrons. The maximum atomic E-state index is 13.0. The van der Waals surface area contributed by atoms with Gasteiger partial charge in [0.05, 0.1) is 10.0 Å². The van der Waals surface area contributed by atoms with Gasteiger partial charge in [0.25, 0.3) is 5.91 Å². The third-order valence-corrected chi connectivity index (χ3v) is 5.45. The lowest BCUT2D eigenvalue weighted by molar-refractivity contribution is -0.142. The van der Waals surface area contributed by atoms with Gasteiger partial charge >= 0.3 is 0 Å². The molecule has 0 saturated heterocycles. The molecular formula is C22H25BrCl2N2O3. The standard InChI is InChI=1S/C22H25BrCl2N2O3/c1-14(21(29)26-22(2,3)4)27(12-15-5-10-18(24)19(25)11-15)20(28)13-30-17-8-6-16(23)7-9-17/h5-11,14H,12-13H2,1-4H3,(H,26,29)/t14-/m1/s1. The fourth-order valence-corrected chi connectivity index (χ4v) is 3.24. The first-order chi connectivity index (χ1) is 14.0. The molecule has 5 nitrogen and oxygen atoms in total. The summed E-state index contributed by atoms with van der Waals surface area (Å²) in [5.74, 6) is -0.00654. The van der Waals surface area contributed by atoms with Crippen LogP contribution in [0.3, 0.4) is 0 Å². The lowest BCUT2D eigenvalue weighted by Gasteiger charge is -2.31. The van der Waals surface area contributed by atoms with Crippen LogP contribution in [-0.2, 0) is 16.1 Å². The molecule has 0 radical (unpaired) electrons. The second-order valence-corrected chi connectivity index (χ2v) is 9.66. The third kappa shape index (κ3) is 7.49. The molecule has 2 aromatic rings. The van der Waals surface area contributed by atoms with Crippen molar-refractivity contribution in [2.24, 2.45) is 0 Å². The number of ether oxygens (including phenoxy) is 1. The number of amides is 2. The summed E-state index contributed by atoms with van der Waals surface area (Å²) in [6.45, 7) is 7.35. The van der Waals surface area contributed by atoms with Crippen LogP contribution in [0.1, 0.15) is 33.3 Å². The Morgan fingerprint density at radius 3 is 2.30 bits per heavy atom. The van der Waals surface area contributed by atoms with Crippen LogP contribution in [0.25, 0.3) is 0 Å². The summed E-state index contributed by atoms with van der Waals surface area (Å²) in [5.41, 5.74) is 0.342. The number of hydrogen-bond donors (Lipinski definition) is 1. The molecule has 1 N–H and O–H groups in total. The van der Waals surface area contributed by atoms with Crippen molar-refractivity contribution in [2.75, 3.05) is 6.61 Å². The lowest BCUT2D eigenvalue weighted by Crippen LogP contribution is -2.53. The lowest BCUT2D eigenvalue weighted by atomic mass is 10.1. The van der Waals surface area contributed by atoms with Crippen LogP contribution < -0.4 is 10.1 Å². The zero-order valence-corrected chi connectivity index (χ0v) is 20.4. The average molecular weight is 516 g/mol. The number of carbonyl (C=O) groups excluding carboxylic acids is 2. The fourth-order valence-electron chi connectivity index (χ4n) is 2.65. The van der Waals surface area contributed by atoms with E-state index in [1.807, 2.05) is 32.9 Å². The molecule has 8 heteroatoms. The van der Waals surface area contributed by atoms with Gasteiger partial charge in [-0.05, 0) is 69.7 Å². The number of carbonyl (C=O) groups is 2. The minimum absolute atomic E-state index is 0.193. The van der Waals surface area contributed by atoms with Gasteiger partial charge in [-0.3, -0.25) is 9.59 Å². The monoisotopic (exact) mass is 514 g/mol. The molecular weight excluding hydrogens is 491 g/mol. The Labute approximate surface area is 195 Å².